The van der Waals surface area contributed by atoms with Crippen LogP contribution in [0.1, 0.15) is 0 Å². The van der Waals surface area contributed by atoms with E-state index in [1.165, 1.54) is 0 Å². The topological polar surface area (TPSA) is 85.4 Å². The predicted molar refractivity (Wildman–Crippen MR) is 63.8 cm³/mol. The van der Waals surface area contributed by atoms with E-state index in [0.29, 0.717) is 12.4 Å². The first kappa shape index (κ1) is 15.4. The fourth-order valence-corrected chi connectivity index (χ4v) is 1.62. The lowest BCUT2D eigenvalue weighted by atomic mass is 10.3. The van der Waals surface area contributed by atoms with E-state index in [2.05, 4.69) is 9.98 Å². The Morgan fingerprint density at radius 1 is 1.42 bits per heavy atom. The Labute approximate surface area is 111 Å². The first-order valence-electron chi connectivity index (χ1n) is 4.58. The van der Waals surface area contributed by atoms with Crippen molar-refractivity contribution in [3.8, 4) is 0 Å². The number of nitrogens with zero attached hydrogens (tertiary/aromatic N) is 2. The summed E-state index contributed by atoms with van der Waals surface area (Å²) in [6, 6.07) is 2.18. The number of aromatic nitrogens is 1. The van der Waals surface area contributed by atoms with Gasteiger partial charge in [-0.3, -0.25) is 0 Å². The number of alkyl halides is 3. The molecule has 0 fully saturated rings. The smallest absolute Gasteiger partial charge is 0.404 e. The molecule has 19 heavy (non-hydrogen) atoms. The second kappa shape index (κ2) is 5.57. The average molecular weight is 314 g/mol. The molecule has 0 unspecified atom stereocenters. The molecule has 10 heteroatoms. The van der Waals surface area contributed by atoms with Gasteiger partial charge in [0.05, 0.1) is 5.57 Å². The largest absolute Gasteiger partial charge is 0.419 e. The van der Waals surface area contributed by atoms with Gasteiger partial charge in [-0.1, -0.05) is 0 Å². The minimum absolute atomic E-state index is 0.118. The molecule has 0 aliphatic carbocycles. The van der Waals surface area contributed by atoms with E-state index in [1.54, 1.807) is 0 Å². The maximum absolute atomic E-state index is 12.3. The molecule has 0 aliphatic rings. The Bertz CT molecular complexity index is 609. The van der Waals surface area contributed by atoms with Gasteiger partial charge in [0, 0.05) is 29.3 Å². The normalized spacial score (nSPS) is 14.0. The summed E-state index contributed by atoms with van der Waals surface area (Å²) in [6.45, 7) is 0. The number of allylic oxidation sites excluding steroid dienone is 1. The van der Waals surface area contributed by atoms with Crippen molar-refractivity contribution in [2.24, 2.45) is 10.7 Å². The summed E-state index contributed by atoms with van der Waals surface area (Å²) in [5, 5.41) is 0. The van der Waals surface area contributed by atoms with Gasteiger partial charge < -0.3 is 5.73 Å². The molecule has 0 radical (unpaired) electrons. The molecule has 5 nitrogen and oxygen atoms in total. The van der Waals surface area contributed by atoms with Crippen LogP contribution in [0.25, 0.3) is 0 Å². The molecule has 1 rings (SSSR count). The van der Waals surface area contributed by atoms with E-state index < -0.39 is 20.8 Å². The fraction of sp³-hybridized carbons (Fsp3) is 0.111. The molecule has 1 heterocycles. The minimum Gasteiger partial charge on any atom is -0.404 e. The number of hydrogen-bond acceptors (Lipinski definition) is 5. The minimum atomic E-state index is -4.63. The van der Waals surface area contributed by atoms with Crippen molar-refractivity contribution < 1.29 is 21.6 Å². The van der Waals surface area contributed by atoms with Crippen LogP contribution in [-0.2, 0) is 9.05 Å². The Morgan fingerprint density at radius 3 is 2.42 bits per heavy atom. The molecule has 0 amide bonds. The highest BCUT2D eigenvalue weighted by Crippen LogP contribution is 2.24. The van der Waals surface area contributed by atoms with Crippen LogP contribution in [0.2, 0.25) is 0 Å². The molecule has 0 saturated carbocycles. The number of hydrogen-bond donors (Lipinski definition) is 1. The monoisotopic (exact) mass is 313 g/mol. The van der Waals surface area contributed by atoms with E-state index in [4.69, 9.17) is 16.4 Å². The lowest BCUT2D eigenvalue weighted by Gasteiger charge is -2.04. The Kier molecular flexibility index (Phi) is 4.53. The standard InChI is InChI=1S/C9H7ClF3N3O2S/c10-19(17,18)7-1-2-8(16-5-7)15-4-6(3-14)9(11,12)13/h1-5H,14H2/b6-3+,15-4?. The number of nitrogens with two attached hydrogens (primary N) is 1. The van der Waals surface area contributed by atoms with Gasteiger partial charge in [-0.05, 0) is 12.1 Å². The molecular weight excluding hydrogens is 307 g/mol. The van der Waals surface area contributed by atoms with Crippen LogP contribution in [0.3, 0.4) is 0 Å². The van der Waals surface area contributed by atoms with Crippen molar-refractivity contribution in [1.29, 1.82) is 0 Å². The number of aliphatic imine (C=N–C) groups is 1. The van der Waals surface area contributed by atoms with Crippen LogP contribution in [0.5, 0.6) is 0 Å². The number of pyridine rings is 1. The molecule has 1 aromatic rings. The summed E-state index contributed by atoms with van der Waals surface area (Å²) in [5.74, 6) is -0.118. The number of rotatable bonds is 3. The highest BCUT2D eigenvalue weighted by atomic mass is 35.7. The summed E-state index contributed by atoms with van der Waals surface area (Å²) in [7, 11) is 1.11. The van der Waals surface area contributed by atoms with Crippen molar-refractivity contribution in [2.45, 2.75) is 11.1 Å². The SMILES string of the molecule is N/C=C(\C=Nc1ccc(S(=O)(=O)Cl)cn1)C(F)(F)F. The summed E-state index contributed by atoms with van der Waals surface area (Å²) in [6.07, 6.45) is -2.90. The lowest BCUT2D eigenvalue weighted by Crippen LogP contribution is -2.14. The van der Waals surface area contributed by atoms with Crippen LogP contribution in [0.15, 0.2) is 40.0 Å². The van der Waals surface area contributed by atoms with Crippen LogP contribution >= 0.6 is 10.7 Å². The van der Waals surface area contributed by atoms with E-state index in [-0.39, 0.29) is 10.7 Å². The average Bonchev–Trinajstić information content (AvgIpc) is 2.27. The number of halogens is 4. The van der Waals surface area contributed by atoms with Gasteiger partial charge in [0.15, 0.2) is 5.82 Å². The molecule has 0 spiro atoms. The van der Waals surface area contributed by atoms with E-state index in [1.807, 2.05) is 0 Å². The molecule has 104 valence electrons. The van der Waals surface area contributed by atoms with Crippen molar-refractivity contribution in [3.63, 3.8) is 0 Å². The van der Waals surface area contributed by atoms with Gasteiger partial charge in [0.2, 0.25) is 0 Å². The van der Waals surface area contributed by atoms with Gasteiger partial charge in [-0.2, -0.15) is 13.2 Å². The first-order chi connectivity index (χ1) is 8.64. The van der Waals surface area contributed by atoms with Crippen molar-refractivity contribution in [2.75, 3.05) is 0 Å². The Hall–Kier alpha value is -1.61. The summed E-state index contributed by atoms with van der Waals surface area (Å²) in [5.41, 5.74) is 3.66. The van der Waals surface area contributed by atoms with E-state index in [0.717, 1.165) is 18.3 Å². The van der Waals surface area contributed by atoms with Crippen LogP contribution in [-0.4, -0.2) is 25.8 Å². The van der Waals surface area contributed by atoms with Crippen LogP contribution in [0.4, 0.5) is 19.0 Å². The quantitative estimate of drug-likeness (QED) is 0.684. The molecule has 0 atom stereocenters. The molecule has 2 N–H and O–H groups in total. The van der Waals surface area contributed by atoms with Crippen molar-refractivity contribution >= 4 is 31.8 Å². The van der Waals surface area contributed by atoms with E-state index in [9.17, 15) is 21.6 Å². The van der Waals surface area contributed by atoms with Gasteiger partial charge in [-0.25, -0.2) is 18.4 Å². The third kappa shape index (κ3) is 4.52. The molecule has 0 saturated heterocycles. The molecule has 0 bridgehead atoms. The van der Waals surface area contributed by atoms with Gasteiger partial charge >= 0.3 is 6.18 Å². The van der Waals surface area contributed by atoms with Crippen LogP contribution in [0, 0.1) is 0 Å². The van der Waals surface area contributed by atoms with E-state index >= 15 is 0 Å². The predicted octanol–water partition coefficient (Wildman–Crippen LogP) is 2.12. The third-order valence-electron chi connectivity index (χ3n) is 1.85. The summed E-state index contributed by atoms with van der Waals surface area (Å²) in [4.78, 5) is 6.68. The first-order valence-corrected chi connectivity index (χ1v) is 6.89. The van der Waals surface area contributed by atoms with Gasteiger partial charge in [-0.15, -0.1) is 0 Å². The zero-order chi connectivity index (χ0) is 14.7. The molecule has 0 aromatic carbocycles. The lowest BCUT2D eigenvalue weighted by molar-refractivity contribution is -0.0857. The third-order valence-corrected chi connectivity index (χ3v) is 3.18. The van der Waals surface area contributed by atoms with Crippen LogP contribution < -0.4 is 5.73 Å². The Balaban J connectivity index is 2.96. The Morgan fingerprint density at radius 2 is 2.05 bits per heavy atom. The maximum atomic E-state index is 12.3. The molecule has 0 aliphatic heterocycles. The van der Waals surface area contributed by atoms with Crippen molar-refractivity contribution in [1.82, 2.24) is 4.98 Å². The zero-order valence-electron chi connectivity index (χ0n) is 9.10. The molecule has 1 aromatic heterocycles. The van der Waals surface area contributed by atoms with Gasteiger partial charge in [0.1, 0.15) is 4.90 Å². The zero-order valence-corrected chi connectivity index (χ0v) is 10.7. The maximum Gasteiger partial charge on any atom is 0.419 e. The highest BCUT2D eigenvalue weighted by Gasteiger charge is 2.32. The van der Waals surface area contributed by atoms with Gasteiger partial charge in [0.25, 0.3) is 9.05 Å². The fourth-order valence-electron chi connectivity index (χ4n) is 0.939. The second-order valence-corrected chi connectivity index (χ2v) is 5.73. The molecular formula is C9H7ClF3N3O2S. The highest BCUT2D eigenvalue weighted by molar-refractivity contribution is 8.13. The van der Waals surface area contributed by atoms with Crippen molar-refractivity contribution in [3.05, 3.63) is 30.1 Å². The second-order valence-electron chi connectivity index (χ2n) is 3.17. The summed E-state index contributed by atoms with van der Waals surface area (Å²) >= 11 is 0. The summed E-state index contributed by atoms with van der Waals surface area (Å²) < 4.78 is 58.7.